The van der Waals surface area contributed by atoms with Crippen LogP contribution < -0.4 is 5.32 Å². The molecule has 0 bridgehead atoms. The first kappa shape index (κ1) is 13.1. The van der Waals surface area contributed by atoms with E-state index in [-0.39, 0.29) is 5.91 Å². The third kappa shape index (κ3) is 2.92. The maximum absolute atomic E-state index is 11.6. The van der Waals surface area contributed by atoms with Crippen molar-refractivity contribution in [1.82, 2.24) is 5.32 Å². The second-order valence-corrected chi connectivity index (χ2v) is 5.71. The number of rotatable bonds is 4. The molecule has 1 N–H and O–H groups in total. The fraction of sp³-hybridized carbons (Fsp3) is 0.562. The van der Waals surface area contributed by atoms with Crippen LogP contribution in [-0.4, -0.2) is 11.9 Å². The van der Waals surface area contributed by atoms with Crippen LogP contribution in [0.5, 0.6) is 0 Å². The van der Waals surface area contributed by atoms with E-state index >= 15 is 0 Å². The van der Waals surface area contributed by atoms with Gasteiger partial charge in [-0.3, -0.25) is 4.79 Å². The molecule has 2 atom stereocenters. The van der Waals surface area contributed by atoms with E-state index in [4.69, 9.17) is 0 Å². The number of nitrogens with one attached hydrogen (secondary N) is 1. The first-order valence-electron chi connectivity index (χ1n) is 6.98. The van der Waals surface area contributed by atoms with E-state index in [0.717, 1.165) is 12.8 Å². The van der Waals surface area contributed by atoms with E-state index in [9.17, 15) is 4.79 Å². The molecule has 1 aromatic rings. The van der Waals surface area contributed by atoms with E-state index < -0.39 is 0 Å². The van der Waals surface area contributed by atoms with E-state index in [1.165, 1.54) is 11.1 Å². The van der Waals surface area contributed by atoms with Crippen LogP contribution in [0.25, 0.3) is 0 Å². The van der Waals surface area contributed by atoms with Crippen LogP contribution in [-0.2, 0) is 11.2 Å². The molecular formula is C16H23NO. The van der Waals surface area contributed by atoms with Crippen molar-refractivity contribution in [3.63, 3.8) is 0 Å². The molecule has 1 aromatic carbocycles. The zero-order valence-electron chi connectivity index (χ0n) is 11.6. The molecule has 18 heavy (non-hydrogen) atoms. The standard InChI is InChI=1S/C16H23NO/c1-4-12-5-7-13(8-6-12)14-10-16(18)17-15(14)9-11(2)3/h5-8,11,14-15H,4,9-10H2,1-3H3,(H,17,18). The van der Waals surface area contributed by atoms with Crippen molar-refractivity contribution < 1.29 is 4.79 Å². The van der Waals surface area contributed by atoms with Gasteiger partial charge in [-0.05, 0) is 29.9 Å². The normalized spacial score (nSPS) is 23.4. The Kier molecular flexibility index (Phi) is 4.05. The van der Waals surface area contributed by atoms with Crippen molar-refractivity contribution in [2.45, 2.75) is 52.0 Å². The molecule has 1 aliphatic rings. The lowest BCUT2D eigenvalue weighted by atomic mass is 9.87. The molecule has 98 valence electrons. The summed E-state index contributed by atoms with van der Waals surface area (Å²) in [5, 5.41) is 3.12. The molecule has 1 aliphatic heterocycles. The van der Waals surface area contributed by atoms with Crippen LogP contribution in [0.4, 0.5) is 0 Å². The van der Waals surface area contributed by atoms with Crippen LogP contribution in [0.3, 0.4) is 0 Å². The zero-order valence-corrected chi connectivity index (χ0v) is 11.6. The van der Waals surface area contributed by atoms with Gasteiger partial charge < -0.3 is 5.32 Å². The van der Waals surface area contributed by atoms with E-state index in [0.29, 0.717) is 24.3 Å². The minimum atomic E-state index is 0.199. The highest BCUT2D eigenvalue weighted by Gasteiger charge is 2.33. The lowest BCUT2D eigenvalue weighted by Gasteiger charge is -2.21. The Bertz CT molecular complexity index is 408. The van der Waals surface area contributed by atoms with E-state index in [1.807, 2.05) is 0 Å². The van der Waals surface area contributed by atoms with Crippen LogP contribution in [0.2, 0.25) is 0 Å². The van der Waals surface area contributed by atoms with Crippen molar-refractivity contribution >= 4 is 5.91 Å². The Hall–Kier alpha value is -1.31. The molecule has 0 aromatic heterocycles. The number of carbonyl (C=O) groups excluding carboxylic acids is 1. The minimum absolute atomic E-state index is 0.199. The van der Waals surface area contributed by atoms with Crippen LogP contribution in [0.15, 0.2) is 24.3 Å². The number of benzene rings is 1. The summed E-state index contributed by atoms with van der Waals surface area (Å²) in [6.07, 6.45) is 2.77. The van der Waals surface area contributed by atoms with Crippen molar-refractivity contribution in [2.75, 3.05) is 0 Å². The maximum atomic E-state index is 11.6. The Balaban J connectivity index is 2.15. The van der Waals surface area contributed by atoms with E-state index in [1.54, 1.807) is 0 Å². The molecular weight excluding hydrogens is 222 g/mol. The highest BCUT2D eigenvalue weighted by atomic mass is 16.2. The van der Waals surface area contributed by atoms with Crippen molar-refractivity contribution in [3.8, 4) is 0 Å². The first-order valence-corrected chi connectivity index (χ1v) is 6.98. The number of hydrogen-bond acceptors (Lipinski definition) is 1. The van der Waals surface area contributed by atoms with Gasteiger partial charge in [0.05, 0.1) is 0 Å². The predicted molar refractivity (Wildman–Crippen MR) is 74.6 cm³/mol. The van der Waals surface area contributed by atoms with Gasteiger partial charge in [-0.2, -0.15) is 0 Å². The molecule has 1 saturated heterocycles. The smallest absolute Gasteiger partial charge is 0.220 e. The summed E-state index contributed by atoms with van der Waals surface area (Å²) in [5.41, 5.74) is 2.66. The van der Waals surface area contributed by atoms with Gasteiger partial charge in [0.15, 0.2) is 0 Å². The lowest BCUT2D eigenvalue weighted by molar-refractivity contribution is -0.119. The molecule has 2 nitrogen and oxygen atoms in total. The maximum Gasteiger partial charge on any atom is 0.220 e. The van der Waals surface area contributed by atoms with E-state index in [2.05, 4.69) is 50.4 Å². The summed E-state index contributed by atoms with van der Waals surface area (Å²) in [6.45, 7) is 6.58. The fourth-order valence-electron chi connectivity index (χ4n) is 2.79. The van der Waals surface area contributed by atoms with Gasteiger partial charge in [0.1, 0.15) is 0 Å². The summed E-state index contributed by atoms with van der Waals surface area (Å²) in [4.78, 5) is 11.6. The average Bonchev–Trinajstić information content (AvgIpc) is 2.69. The zero-order chi connectivity index (χ0) is 13.1. The number of carbonyl (C=O) groups is 1. The molecule has 0 aliphatic carbocycles. The summed E-state index contributed by atoms with van der Waals surface area (Å²) in [5.74, 6) is 1.17. The van der Waals surface area contributed by atoms with Gasteiger partial charge in [0, 0.05) is 18.4 Å². The lowest BCUT2D eigenvalue weighted by Crippen LogP contribution is -2.29. The highest BCUT2D eigenvalue weighted by Crippen LogP contribution is 2.31. The molecule has 0 spiro atoms. The number of hydrogen-bond donors (Lipinski definition) is 1. The molecule has 2 unspecified atom stereocenters. The Morgan fingerprint density at radius 1 is 1.28 bits per heavy atom. The molecule has 0 saturated carbocycles. The number of aryl methyl sites for hydroxylation is 1. The topological polar surface area (TPSA) is 29.1 Å². The van der Waals surface area contributed by atoms with Gasteiger partial charge in [0.2, 0.25) is 5.91 Å². The minimum Gasteiger partial charge on any atom is -0.353 e. The molecule has 0 radical (unpaired) electrons. The second kappa shape index (κ2) is 5.55. The van der Waals surface area contributed by atoms with Crippen LogP contribution in [0, 0.1) is 5.92 Å². The van der Waals surface area contributed by atoms with Crippen molar-refractivity contribution in [3.05, 3.63) is 35.4 Å². The molecule has 2 rings (SSSR count). The molecule has 1 fully saturated rings. The van der Waals surface area contributed by atoms with Gasteiger partial charge in [0.25, 0.3) is 0 Å². The SMILES string of the molecule is CCc1ccc(C2CC(=O)NC2CC(C)C)cc1. The van der Waals surface area contributed by atoms with Gasteiger partial charge in [-0.25, -0.2) is 0 Å². The number of amides is 1. The van der Waals surface area contributed by atoms with Gasteiger partial charge in [-0.1, -0.05) is 45.0 Å². The summed E-state index contributed by atoms with van der Waals surface area (Å²) in [7, 11) is 0. The van der Waals surface area contributed by atoms with Crippen LogP contribution >= 0.6 is 0 Å². The summed E-state index contributed by atoms with van der Waals surface area (Å²) in [6, 6.07) is 9.06. The predicted octanol–water partition coefficient (Wildman–Crippen LogP) is 3.27. The largest absolute Gasteiger partial charge is 0.353 e. The van der Waals surface area contributed by atoms with Gasteiger partial charge in [-0.15, -0.1) is 0 Å². The third-order valence-electron chi connectivity index (χ3n) is 3.78. The summed E-state index contributed by atoms with van der Waals surface area (Å²) < 4.78 is 0. The fourth-order valence-corrected chi connectivity index (χ4v) is 2.79. The second-order valence-electron chi connectivity index (χ2n) is 5.71. The first-order chi connectivity index (χ1) is 8.60. The average molecular weight is 245 g/mol. The van der Waals surface area contributed by atoms with Crippen LogP contribution in [0.1, 0.15) is 50.7 Å². The monoisotopic (exact) mass is 245 g/mol. The summed E-state index contributed by atoms with van der Waals surface area (Å²) >= 11 is 0. The molecule has 2 heteroatoms. The van der Waals surface area contributed by atoms with Crippen molar-refractivity contribution in [2.24, 2.45) is 5.92 Å². The highest BCUT2D eigenvalue weighted by molar-refractivity contribution is 5.80. The molecule has 1 amide bonds. The Labute approximate surface area is 110 Å². The van der Waals surface area contributed by atoms with Gasteiger partial charge >= 0.3 is 0 Å². The quantitative estimate of drug-likeness (QED) is 0.866. The third-order valence-corrected chi connectivity index (χ3v) is 3.78. The van der Waals surface area contributed by atoms with Crippen molar-refractivity contribution in [1.29, 1.82) is 0 Å². The molecule has 1 heterocycles. The Morgan fingerprint density at radius 3 is 2.50 bits per heavy atom. The Morgan fingerprint density at radius 2 is 1.94 bits per heavy atom.